The summed E-state index contributed by atoms with van der Waals surface area (Å²) in [6.07, 6.45) is 1.56. The van der Waals surface area contributed by atoms with Crippen LogP contribution in [0, 0.1) is 6.92 Å². The first-order chi connectivity index (χ1) is 11.2. The summed E-state index contributed by atoms with van der Waals surface area (Å²) in [5.41, 5.74) is 2.30. The van der Waals surface area contributed by atoms with E-state index < -0.39 is 0 Å². The number of imidazole rings is 1. The van der Waals surface area contributed by atoms with Crippen LogP contribution in [0.1, 0.15) is 30.9 Å². The molecule has 0 radical (unpaired) electrons. The van der Waals surface area contributed by atoms with Crippen molar-refractivity contribution >= 4 is 0 Å². The van der Waals surface area contributed by atoms with Crippen LogP contribution in [0.15, 0.2) is 36.5 Å². The Morgan fingerprint density at radius 1 is 1.09 bits per heavy atom. The topological polar surface area (TPSA) is 45.5 Å². The van der Waals surface area contributed by atoms with Crippen LogP contribution in [-0.4, -0.2) is 35.7 Å². The van der Waals surface area contributed by atoms with E-state index in [-0.39, 0.29) is 6.29 Å². The molecule has 0 aliphatic heterocycles. The van der Waals surface area contributed by atoms with Crippen molar-refractivity contribution in [2.75, 3.05) is 19.8 Å². The number of ether oxygens (including phenoxy) is 3. The third-order valence-corrected chi connectivity index (χ3v) is 3.53. The summed E-state index contributed by atoms with van der Waals surface area (Å²) in [5.74, 6) is 0.985. The highest BCUT2D eigenvalue weighted by Crippen LogP contribution is 2.11. The third-order valence-electron chi connectivity index (χ3n) is 3.53. The summed E-state index contributed by atoms with van der Waals surface area (Å²) in [5, 5.41) is 0. The van der Waals surface area contributed by atoms with Crippen molar-refractivity contribution < 1.29 is 14.2 Å². The summed E-state index contributed by atoms with van der Waals surface area (Å²) in [6, 6.07) is 10.4. The van der Waals surface area contributed by atoms with Crippen molar-refractivity contribution in [1.82, 2.24) is 9.55 Å². The Hall–Kier alpha value is -1.69. The van der Waals surface area contributed by atoms with Crippen LogP contribution in [0.5, 0.6) is 0 Å². The van der Waals surface area contributed by atoms with Gasteiger partial charge in [0.2, 0.25) is 0 Å². The molecule has 0 saturated carbocycles. The third kappa shape index (κ3) is 5.46. The fourth-order valence-electron chi connectivity index (χ4n) is 2.39. The molecule has 0 spiro atoms. The zero-order valence-corrected chi connectivity index (χ0v) is 14.2. The maximum Gasteiger partial charge on any atom is 0.180 e. The van der Waals surface area contributed by atoms with Crippen LogP contribution in [0.4, 0.5) is 0 Å². The Bertz CT molecular complexity index is 563. The van der Waals surface area contributed by atoms with Gasteiger partial charge in [-0.1, -0.05) is 30.3 Å². The average Bonchev–Trinajstić information content (AvgIpc) is 2.90. The second-order valence-corrected chi connectivity index (χ2v) is 5.22. The zero-order chi connectivity index (χ0) is 16.5. The Morgan fingerprint density at radius 3 is 2.43 bits per heavy atom. The van der Waals surface area contributed by atoms with Gasteiger partial charge in [0.25, 0.3) is 0 Å². The number of hydrogen-bond donors (Lipinski definition) is 0. The van der Waals surface area contributed by atoms with E-state index in [0.29, 0.717) is 26.4 Å². The van der Waals surface area contributed by atoms with E-state index >= 15 is 0 Å². The molecular weight excluding hydrogens is 292 g/mol. The Balaban J connectivity index is 1.93. The minimum Gasteiger partial charge on any atom is -0.370 e. The highest BCUT2D eigenvalue weighted by atomic mass is 16.7. The largest absolute Gasteiger partial charge is 0.370 e. The van der Waals surface area contributed by atoms with Crippen LogP contribution >= 0.6 is 0 Å². The van der Waals surface area contributed by atoms with Gasteiger partial charge in [-0.05, 0) is 26.3 Å². The quantitative estimate of drug-likeness (QED) is 0.631. The number of aromatic nitrogens is 2. The minimum atomic E-state index is -0.309. The molecule has 5 heteroatoms. The molecular formula is C18H26N2O3. The molecule has 0 N–H and O–H groups in total. The summed E-state index contributed by atoms with van der Waals surface area (Å²) >= 11 is 0. The second-order valence-electron chi connectivity index (χ2n) is 5.22. The van der Waals surface area contributed by atoms with Crippen molar-refractivity contribution in [3.8, 4) is 0 Å². The number of rotatable bonds is 10. The molecule has 0 aliphatic carbocycles. The van der Waals surface area contributed by atoms with Gasteiger partial charge >= 0.3 is 0 Å². The normalized spacial score (nSPS) is 11.3. The molecule has 126 valence electrons. The maximum atomic E-state index is 5.77. The van der Waals surface area contributed by atoms with E-state index in [4.69, 9.17) is 14.2 Å². The highest BCUT2D eigenvalue weighted by Gasteiger charge is 2.11. The van der Waals surface area contributed by atoms with Crippen molar-refractivity contribution in [2.24, 2.45) is 0 Å². The monoisotopic (exact) mass is 318 g/mol. The molecule has 0 amide bonds. The lowest BCUT2D eigenvalue weighted by atomic mass is 10.2. The summed E-state index contributed by atoms with van der Waals surface area (Å²) in [4.78, 5) is 4.40. The highest BCUT2D eigenvalue weighted by molar-refractivity contribution is 5.17. The number of hydrogen-bond acceptors (Lipinski definition) is 4. The molecule has 2 rings (SSSR count). The standard InChI is InChI=1S/C18H26N2O3/c1-4-22-18(23-5-2)14-21-13-17-11-19-15(3)20(17)12-16-9-7-6-8-10-16/h6-11,18H,4-5,12-14H2,1-3H3. The molecule has 5 nitrogen and oxygen atoms in total. The molecule has 0 saturated heterocycles. The van der Waals surface area contributed by atoms with Crippen LogP contribution < -0.4 is 0 Å². The second kappa shape index (κ2) is 9.45. The van der Waals surface area contributed by atoms with Crippen LogP contribution in [0.3, 0.4) is 0 Å². The van der Waals surface area contributed by atoms with Gasteiger partial charge in [-0.3, -0.25) is 0 Å². The first kappa shape index (κ1) is 17.7. The van der Waals surface area contributed by atoms with E-state index in [1.54, 1.807) is 0 Å². The molecule has 0 aliphatic rings. The zero-order valence-electron chi connectivity index (χ0n) is 14.2. The fourth-order valence-corrected chi connectivity index (χ4v) is 2.39. The smallest absolute Gasteiger partial charge is 0.180 e. The molecule has 2 aromatic rings. The van der Waals surface area contributed by atoms with Gasteiger partial charge < -0.3 is 18.8 Å². The molecule has 1 aromatic carbocycles. The van der Waals surface area contributed by atoms with Gasteiger partial charge in [-0.15, -0.1) is 0 Å². The molecule has 23 heavy (non-hydrogen) atoms. The van der Waals surface area contributed by atoms with E-state index in [2.05, 4.69) is 21.7 Å². The molecule has 0 atom stereocenters. The Morgan fingerprint density at radius 2 is 1.78 bits per heavy atom. The Labute approximate surface area is 138 Å². The summed E-state index contributed by atoms with van der Waals surface area (Å²) in [6.45, 7) is 8.83. The van der Waals surface area contributed by atoms with Crippen LogP contribution in [-0.2, 0) is 27.4 Å². The van der Waals surface area contributed by atoms with Crippen molar-refractivity contribution in [2.45, 2.75) is 40.2 Å². The molecule has 0 bridgehead atoms. The van der Waals surface area contributed by atoms with E-state index in [1.165, 1.54) is 5.56 Å². The molecule has 1 heterocycles. The SMILES string of the molecule is CCOC(COCc1cnc(C)n1Cc1ccccc1)OCC. The van der Waals surface area contributed by atoms with Gasteiger partial charge in [0, 0.05) is 19.8 Å². The number of benzene rings is 1. The molecule has 0 unspecified atom stereocenters. The van der Waals surface area contributed by atoms with Gasteiger partial charge in [-0.2, -0.15) is 0 Å². The maximum absolute atomic E-state index is 5.77. The van der Waals surface area contributed by atoms with E-state index in [9.17, 15) is 0 Å². The van der Waals surface area contributed by atoms with Crippen molar-refractivity contribution in [3.05, 3.63) is 53.6 Å². The van der Waals surface area contributed by atoms with Gasteiger partial charge in [0.05, 0.1) is 25.1 Å². The van der Waals surface area contributed by atoms with Gasteiger partial charge in [0.15, 0.2) is 6.29 Å². The van der Waals surface area contributed by atoms with Crippen LogP contribution in [0.25, 0.3) is 0 Å². The predicted molar refractivity (Wildman–Crippen MR) is 89.2 cm³/mol. The number of nitrogens with zero attached hydrogens (tertiary/aromatic N) is 2. The molecule has 1 aromatic heterocycles. The first-order valence-corrected chi connectivity index (χ1v) is 8.10. The van der Waals surface area contributed by atoms with E-state index in [1.807, 2.05) is 45.2 Å². The lowest BCUT2D eigenvalue weighted by Crippen LogP contribution is -2.23. The van der Waals surface area contributed by atoms with Gasteiger partial charge in [0.1, 0.15) is 5.82 Å². The Kier molecular flexibility index (Phi) is 7.26. The van der Waals surface area contributed by atoms with E-state index in [0.717, 1.165) is 18.1 Å². The van der Waals surface area contributed by atoms with Crippen molar-refractivity contribution in [1.29, 1.82) is 0 Å². The van der Waals surface area contributed by atoms with Gasteiger partial charge in [-0.25, -0.2) is 4.98 Å². The number of aryl methyl sites for hydroxylation is 1. The first-order valence-electron chi connectivity index (χ1n) is 8.10. The average molecular weight is 318 g/mol. The predicted octanol–water partition coefficient (Wildman–Crippen LogP) is 3.16. The summed E-state index contributed by atoms with van der Waals surface area (Å²) in [7, 11) is 0. The summed E-state index contributed by atoms with van der Waals surface area (Å²) < 4.78 is 18.9. The van der Waals surface area contributed by atoms with Crippen LogP contribution in [0.2, 0.25) is 0 Å². The van der Waals surface area contributed by atoms with Crippen molar-refractivity contribution in [3.63, 3.8) is 0 Å². The lowest BCUT2D eigenvalue weighted by Gasteiger charge is -2.17. The molecule has 0 fully saturated rings. The lowest BCUT2D eigenvalue weighted by molar-refractivity contribution is -0.169. The fraction of sp³-hybridized carbons (Fsp3) is 0.500. The minimum absolute atomic E-state index is 0.309.